The SMILES string of the molecule is Cc1ccc(C(=O)C2=C(c3ccc(C)cc3)OC(=O)C2=O)cc1. The van der Waals surface area contributed by atoms with Crippen LogP contribution in [0.25, 0.3) is 5.76 Å². The van der Waals surface area contributed by atoms with Crippen LogP contribution in [0.15, 0.2) is 54.1 Å². The smallest absolute Gasteiger partial charge is 0.385 e. The lowest BCUT2D eigenvalue weighted by Gasteiger charge is -2.05. The topological polar surface area (TPSA) is 60.4 Å². The van der Waals surface area contributed by atoms with Gasteiger partial charge in [-0.15, -0.1) is 0 Å². The molecule has 0 atom stereocenters. The molecule has 1 aliphatic rings. The number of hydrogen-bond donors (Lipinski definition) is 0. The molecule has 0 fully saturated rings. The molecule has 4 nitrogen and oxygen atoms in total. The number of carbonyl (C=O) groups excluding carboxylic acids is 3. The lowest BCUT2D eigenvalue weighted by Crippen LogP contribution is -2.16. The maximum absolute atomic E-state index is 12.7. The quantitative estimate of drug-likeness (QED) is 0.378. The second-order valence-electron chi connectivity index (χ2n) is 5.48. The normalized spacial score (nSPS) is 14.2. The van der Waals surface area contributed by atoms with Gasteiger partial charge in [-0.25, -0.2) is 4.79 Å². The van der Waals surface area contributed by atoms with Gasteiger partial charge in [0.2, 0.25) is 5.78 Å². The second-order valence-corrected chi connectivity index (χ2v) is 5.48. The van der Waals surface area contributed by atoms with E-state index in [-0.39, 0.29) is 11.3 Å². The first-order valence-corrected chi connectivity index (χ1v) is 7.16. The first-order chi connectivity index (χ1) is 11.0. The van der Waals surface area contributed by atoms with Crippen molar-refractivity contribution in [2.24, 2.45) is 0 Å². The van der Waals surface area contributed by atoms with Gasteiger partial charge >= 0.3 is 5.97 Å². The number of ether oxygens (including phenoxy) is 1. The fraction of sp³-hybridized carbons (Fsp3) is 0.105. The predicted molar refractivity (Wildman–Crippen MR) is 84.7 cm³/mol. The number of carbonyl (C=O) groups is 3. The molecule has 4 heteroatoms. The maximum Gasteiger partial charge on any atom is 0.385 e. The van der Waals surface area contributed by atoms with Crippen molar-refractivity contribution >= 4 is 23.3 Å². The van der Waals surface area contributed by atoms with E-state index in [1.165, 1.54) is 0 Å². The van der Waals surface area contributed by atoms with E-state index in [0.29, 0.717) is 11.1 Å². The molecule has 0 aromatic heterocycles. The van der Waals surface area contributed by atoms with E-state index in [0.717, 1.165) is 11.1 Å². The Hall–Kier alpha value is -3.01. The highest BCUT2D eigenvalue weighted by Gasteiger charge is 2.39. The third-order valence-corrected chi connectivity index (χ3v) is 3.69. The number of aryl methyl sites for hydroxylation is 2. The Kier molecular flexibility index (Phi) is 3.66. The lowest BCUT2D eigenvalue weighted by molar-refractivity contribution is -0.144. The van der Waals surface area contributed by atoms with Crippen molar-refractivity contribution in [3.63, 3.8) is 0 Å². The number of ketones is 2. The first-order valence-electron chi connectivity index (χ1n) is 7.16. The van der Waals surface area contributed by atoms with Crippen molar-refractivity contribution in [1.82, 2.24) is 0 Å². The summed E-state index contributed by atoms with van der Waals surface area (Å²) in [5.74, 6) is -2.39. The van der Waals surface area contributed by atoms with Crippen molar-refractivity contribution in [1.29, 1.82) is 0 Å². The highest BCUT2D eigenvalue weighted by Crippen LogP contribution is 2.29. The van der Waals surface area contributed by atoms with Crippen LogP contribution in [0.1, 0.15) is 27.0 Å². The zero-order valence-electron chi connectivity index (χ0n) is 12.8. The molecule has 0 saturated carbocycles. The monoisotopic (exact) mass is 306 g/mol. The highest BCUT2D eigenvalue weighted by atomic mass is 16.5. The van der Waals surface area contributed by atoms with E-state index in [2.05, 4.69) is 0 Å². The summed E-state index contributed by atoms with van der Waals surface area (Å²) in [6.45, 7) is 3.82. The molecule has 2 aromatic rings. The standard InChI is InChI=1S/C19H14O4/c1-11-3-7-13(8-4-11)16(20)15-17(21)19(22)23-18(15)14-9-5-12(2)6-10-14/h3-10H,1-2H3. The van der Waals surface area contributed by atoms with Gasteiger partial charge in [0.05, 0.1) is 0 Å². The van der Waals surface area contributed by atoms with Crippen molar-refractivity contribution in [2.75, 3.05) is 0 Å². The molecule has 0 radical (unpaired) electrons. The Labute approximate surface area is 133 Å². The van der Waals surface area contributed by atoms with Crippen molar-refractivity contribution < 1.29 is 19.1 Å². The Morgan fingerprint density at radius 1 is 0.826 bits per heavy atom. The van der Waals surface area contributed by atoms with Gasteiger partial charge in [-0.1, -0.05) is 59.7 Å². The van der Waals surface area contributed by atoms with Crippen LogP contribution < -0.4 is 0 Å². The zero-order chi connectivity index (χ0) is 16.6. The van der Waals surface area contributed by atoms with Gasteiger partial charge in [-0.05, 0) is 13.8 Å². The maximum atomic E-state index is 12.7. The number of Topliss-reactive ketones (excluding diaryl/α,β-unsaturated/α-hetero) is 2. The minimum absolute atomic E-state index is 0.0329. The number of hydrogen-bond acceptors (Lipinski definition) is 4. The average molecular weight is 306 g/mol. The fourth-order valence-corrected chi connectivity index (χ4v) is 2.36. The molecule has 3 rings (SSSR count). The zero-order valence-corrected chi connectivity index (χ0v) is 12.8. The average Bonchev–Trinajstić information content (AvgIpc) is 2.84. The highest BCUT2D eigenvalue weighted by molar-refractivity contribution is 6.53. The summed E-state index contributed by atoms with van der Waals surface area (Å²) in [5.41, 5.74) is 2.70. The molecular formula is C19H14O4. The summed E-state index contributed by atoms with van der Waals surface area (Å²) >= 11 is 0. The van der Waals surface area contributed by atoms with E-state index in [4.69, 9.17) is 4.74 Å². The Morgan fingerprint density at radius 3 is 1.91 bits per heavy atom. The van der Waals surface area contributed by atoms with Gasteiger partial charge in [-0.3, -0.25) is 9.59 Å². The molecule has 1 aliphatic heterocycles. The van der Waals surface area contributed by atoms with Gasteiger partial charge in [-0.2, -0.15) is 0 Å². The van der Waals surface area contributed by atoms with E-state index in [1.54, 1.807) is 36.4 Å². The lowest BCUT2D eigenvalue weighted by atomic mass is 9.97. The summed E-state index contributed by atoms with van der Waals surface area (Å²) in [5, 5.41) is 0. The molecule has 0 aliphatic carbocycles. The van der Waals surface area contributed by atoms with Crippen LogP contribution in [0, 0.1) is 13.8 Å². The van der Waals surface area contributed by atoms with Gasteiger partial charge in [0.25, 0.3) is 5.78 Å². The minimum atomic E-state index is -1.02. The number of benzene rings is 2. The van der Waals surface area contributed by atoms with E-state index in [1.807, 2.05) is 26.0 Å². The predicted octanol–water partition coefficient (Wildman–Crippen LogP) is 3.02. The number of rotatable bonds is 3. The summed E-state index contributed by atoms with van der Waals surface area (Å²) < 4.78 is 5.05. The van der Waals surface area contributed by atoms with Crippen molar-refractivity contribution in [3.05, 3.63) is 76.4 Å². The van der Waals surface area contributed by atoms with Gasteiger partial charge in [0, 0.05) is 11.1 Å². The third kappa shape index (κ3) is 2.71. The van der Waals surface area contributed by atoms with Crippen LogP contribution in [0.2, 0.25) is 0 Å². The van der Waals surface area contributed by atoms with Crippen LogP contribution in [0.4, 0.5) is 0 Å². The summed E-state index contributed by atoms with van der Waals surface area (Å²) in [4.78, 5) is 36.4. The molecule has 0 N–H and O–H groups in total. The van der Waals surface area contributed by atoms with E-state index < -0.39 is 17.5 Å². The van der Waals surface area contributed by atoms with Crippen LogP contribution >= 0.6 is 0 Å². The minimum Gasteiger partial charge on any atom is -0.419 e. The van der Waals surface area contributed by atoms with Crippen LogP contribution in [0.3, 0.4) is 0 Å². The summed E-state index contributed by atoms with van der Waals surface area (Å²) in [6.07, 6.45) is 0. The molecule has 0 spiro atoms. The van der Waals surface area contributed by atoms with E-state index >= 15 is 0 Å². The molecule has 114 valence electrons. The first kappa shape index (κ1) is 14.9. The van der Waals surface area contributed by atoms with Gasteiger partial charge in [0.1, 0.15) is 5.57 Å². The fourth-order valence-electron chi connectivity index (χ4n) is 2.36. The van der Waals surface area contributed by atoms with Gasteiger partial charge in [0.15, 0.2) is 5.76 Å². The molecule has 23 heavy (non-hydrogen) atoms. The molecular weight excluding hydrogens is 292 g/mol. The van der Waals surface area contributed by atoms with Crippen LogP contribution in [0.5, 0.6) is 0 Å². The van der Waals surface area contributed by atoms with E-state index in [9.17, 15) is 14.4 Å². The Morgan fingerprint density at radius 2 is 1.35 bits per heavy atom. The molecule has 0 amide bonds. The number of esters is 1. The van der Waals surface area contributed by atoms with Crippen LogP contribution in [-0.4, -0.2) is 17.5 Å². The molecule has 2 aromatic carbocycles. The number of cyclic esters (lactones) is 1. The molecule has 0 saturated heterocycles. The van der Waals surface area contributed by atoms with Crippen LogP contribution in [-0.2, 0) is 14.3 Å². The molecule has 0 unspecified atom stereocenters. The van der Waals surface area contributed by atoms with Crippen molar-refractivity contribution in [3.8, 4) is 0 Å². The Balaban J connectivity index is 2.10. The molecule has 0 bridgehead atoms. The van der Waals surface area contributed by atoms with Crippen molar-refractivity contribution in [2.45, 2.75) is 13.8 Å². The Bertz CT molecular complexity index is 840. The van der Waals surface area contributed by atoms with Gasteiger partial charge < -0.3 is 4.74 Å². The third-order valence-electron chi connectivity index (χ3n) is 3.69. The molecule has 1 heterocycles. The largest absolute Gasteiger partial charge is 0.419 e. The summed E-state index contributed by atoms with van der Waals surface area (Å²) in [7, 11) is 0. The second kappa shape index (κ2) is 5.65. The summed E-state index contributed by atoms with van der Waals surface area (Å²) in [6, 6.07) is 13.9.